The number of thioether (sulfide) groups is 1. The van der Waals surface area contributed by atoms with Crippen molar-refractivity contribution in [2.24, 2.45) is 0 Å². The second-order valence-electron chi connectivity index (χ2n) is 10.8. The van der Waals surface area contributed by atoms with Crippen LogP contribution in [0.2, 0.25) is 5.02 Å². The lowest BCUT2D eigenvalue weighted by Crippen LogP contribution is -2.30. The van der Waals surface area contributed by atoms with Gasteiger partial charge in [0.1, 0.15) is 23.8 Å². The van der Waals surface area contributed by atoms with Crippen molar-refractivity contribution in [1.29, 1.82) is 0 Å². The number of hydrogen-bond acceptors (Lipinski definition) is 6. The molecule has 0 saturated heterocycles. The lowest BCUT2D eigenvalue weighted by molar-refractivity contribution is -0.114. The molecule has 10 heteroatoms. The molecule has 0 aliphatic heterocycles. The van der Waals surface area contributed by atoms with E-state index in [4.69, 9.17) is 21.1 Å². The van der Waals surface area contributed by atoms with Crippen LogP contribution < -0.4 is 25.4 Å². The van der Waals surface area contributed by atoms with E-state index in [9.17, 15) is 14.4 Å². The number of benzene rings is 5. The Morgan fingerprint density at radius 1 is 0.816 bits per heavy atom. The summed E-state index contributed by atoms with van der Waals surface area (Å²) in [5.74, 6) is 0.0853. The first-order valence-corrected chi connectivity index (χ1v) is 16.7. The van der Waals surface area contributed by atoms with Crippen molar-refractivity contribution in [2.75, 3.05) is 23.5 Å². The number of carbonyl (C=O) groups is 3. The maximum atomic E-state index is 13.6. The maximum absolute atomic E-state index is 13.6. The standard InChI is InChI=1S/C39H34ClN3O5S/c1-26-20-34(36(47-2)23-33(26)40)42-37(44)25-49-32-15-9-14-30(22-32)41-39(46)35(43-38(45)29-12-7-4-8-13-29)21-27-16-18-31(19-17-27)48-24-28-10-5-3-6-11-28/h3-23H,24-25H2,1-2H3,(H,41,46)(H,42,44)(H,43,45)/b35-21+. The van der Waals surface area contributed by atoms with Crippen LogP contribution in [0.15, 0.2) is 132 Å². The lowest BCUT2D eigenvalue weighted by atomic mass is 10.1. The van der Waals surface area contributed by atoms with Gasteiger partial charge in [0.15, 0.2) is 0 Å². The van der Waals surface area contributed by atoms with E-state index in [0.29, 0.717) is 45.6 Å². The Morgan fingerprint density at radius 3 is 2.24 bits per heavy atom. The summed E-state index contributed by atoms with van der Waals surface area (Å²) in [4.78, 5) is 40.2. The Kier molecular flexibility index (Phi) is 12.1. The van der Waals surface area contributed by atoms with Gasteiger partial charge < -0.3 is 25.4 Å². The molecule has 248 valence electrons. The fourth-order valence-electron chi connectivity index (χ4n) is 4.64. The number of ether oxygens (including phenoxy) is 2. The Bertz CT molecular complexity index is 1950. The average molecular weight is 692 g/mol. The van der Waals surface area contributed by atoms with Crippen LogP contribution in [0.1, 0.15) is 27.0 Å². The molecule has 3 N–H and O–H groups in total. The van der Waals surface area contributed by atoms with Crippen LogP contribution in [-0.4, -0.2) is 30.6 Å². The molecule has 8 nitrogen and oxygen atoms in total. The monoisotopic (exact) mass is 691 g/mol. The molecule has 5 aromatic rings. The molecule has 49 heavy (non-hydrogen) atoms. The van der Waals surface area contributed by atoms with E-state index in [1.807, 2.05) is 73.7 Å². The van der Waals surface area contributed by atoms with Crippen LogP contribution in [0.5, 0.6) is 11.5 Å². The molecule has 0 radical (unpaired) electrons. The number of rotatable bonds is 13. The van der Waals surface area contributed by atoms with Crippen LogP contribution in [0.25, 0.3) is 6.08 Å². The quantitative estimate of drug-likeness (QED) is 0.0846. The molecule has 0 heterocycles. The Labute approximate surface area is 294 Å². The second kappa shape index (κ2) is 17.1. The third-order valence-corrected chi connectivity index (χ3v) is 8.59. The number of hydrogen-bond donors (Lipinski definition) is 3. The van der Waals surface area contributed by atoms with Crippen LogP contribution in [0.3, 0.4) is 0 Å². The van der Waals surface area contributed by atoms with Crippen molar-refractivity contribution in [3.8, 4) is 11.5 Å². The number of halogens is 1. The highest BCUT2D eigenvalue weighted by molar-refractivity contribution is 8.00. The van der Waals surface area contributed by atoms with Crippen LogP contribution in [-0.2, 0) is 16.2 Å². The predicted molar refractivity (Wildman–Crippen MR) is 196 cm³/mol. The summed E-state index contributed by atoms with van der Waals surface area (Å²) >= 11 is 7.49. The first-order chi connectivity index (χ1) is 23.8. The van der Waals surface area contributed by atoms with Gasteiger partial charge in [-0.1, -0.05) is 78.3 Å². The third-order valence-electron chi connectivity index (χ3n) is 7.18. The summed E-state index contributed by atoms with van der Waals surface area (Å²) in [7, 11) is 1.51. The minimum atomic E-state index is -0.515. The zero-order valence-electron chi connectivity index (χ0n) is 26.9. The van der Waals surface area contributed by atoms with Crippen molar-refractivity contribution >= 4 is 58.5 Å². The smallest absolute Gasteiger partial charge is 0.272 e. The fraction of sp³-hybridized carbons (Fsp3) is 0.103. The van der Waals surface area contributed by atoms with Crippen molar-refractivity contribution in [3.63, 3.8) is 0 Å². The molecule has 0 aromatic heterocycles. The van der Waals surface area contributed by atoms with Crippen molar-refractivity contribution in [2.45, 2.75) is 18.4 Å². The molecule has 0 fully saturated rings. The highest BCUT2D eigenvalue weighted by Gasteiger charge is 2.16. The molecule has 5 aromatic carbocycles. The van der Waals surface area contributed by atoms with Gasteiger partial charge in [0.25, 0.3) is 11.8 Å². The molecule has 0 bridgehead atoms. The number of nitrogens with one attached hydrogen (secondary N) is 3. The number of methoxy groups -OCH3 is 1. The van der Waals surface area contributed by atoms with Gasteiger partial charge in [0.2, 0.25) is 5.91 Å². The lowest BCUT2D eigenvalue weighted by Gasteiger charge is -2.13. The second-order valence-corrected chi connectivity index (χ2v) is 12.3. The minimum Gasteiger partial charge on any atom is -0.495 e. The van der Waals surface area contributed by atoms with E-state index in [2.05, 4.69) is 16.0 Å². The van der Waals surface area contributed by atoms with Crippen molar-refractivity contribution in [1.82, 2.24) is 5.32 Å². The first-order valence-electron chi connectivity index (χ1n) is 15.3. The Balaban J connectivity index is 1.26. The topological polar surface area (TPSA) is 106 Å². The van der Waals surface area contributed by atoms with E-state index in [-0.39, 0.29) is 17.4 Å². The number of anilines is 2. The van der Waals surface area contributed by atoms with Crippen molar-refractivity contribution in [3.05, 3.63) is 154 Å². The Morgan fingerprint density at radius 2 is 1.53 bits per heavy atom. The number of amides is 3. The molecule has 3 amide bonds. The zero-order chi connectivity index (χ0) is 34.6. The molecule has 0 saturated carbocycles. The first kappa shape index (κ1) is 34.8. The van der Waals surface area contributed by atoms with Crippen molar-refractivity contribution < 1.29 is 23.9 Å². The van der Waals surface area contributed by atoms with Gasteiger partial charge in [-0.15, -0.1) is 11.8 Å². The molecule has 5 rings (SSSR count). The normalized spacial score (nSPS) is 11.0. The van der Waals surface area contributed by atoms with Crippen LogP contribution in [0, 0.1) is 6.92 Å². The number of carbonyl (C=O) groups excluding carboxylic acids is 3. The zero-order valence-corrected chi connectivity index (χ0v) is 28.4. The highest BCUT2D eigenvalue weighted by atomic mass is 35.5. The summed E-state index contributed by atoms with van der Waals surface area (Å²) in [5.41, 5.74) is 4.04. The molecule has 0 atom stereocenters. The maximum Gasteiger partial charge on any atom is 0.272 e. The molecular weight excluding hydrogens is 658 g/mol. The summed E-state index contributed by atoms with van der Waals surface area (Å²) < 4.78 is 11.2. The van der Waals surface area contributed by atoms with E-state index in [0.717, 1.165) is 16.0 Å². The average Bonchev–Trinajstić information content (AvgIpc) is 3.12. The summed E-state index contributed by atoms with van der Waals surface area (Å²) in [5, 5.41) is 9.04. The molecule has 0 spiro atoms. The van der Waals surface area contributed by atoms with Gasteiger partial charge in [-0.3, -0.25) is 14.4 Å². The summed E-state index contributed by atoms with van der Waals surface area (Å²) in [6, 6.07) is 36.3. The minimum absolute atomic E-state index is 0.0523. The summed E-state index contributed by atoms with van der Waals surface area (Å²) in [6.45, 7) is 2.27. The van der Waals surface area contributed by atoms with Crippen LogP contribution in [0.4, 0.5) is 11.4 Å². The SMILES string of the molecule is COc1cc(Cl)c(C)cc1NC(=O)CSc1cccc(NC(=O)/C(=C\c2ccc(OCc3ccccc3)cc2)NC(=O)c2ccccc2)c1. The largest absolute Gasteiger partial charge is 0.495 e. The van der Waals surface area contributed by atoms with Gasteiger partial charge in [0.05, 0.1) is 18.6 Å². The van der Waals surface area contributed by atoms with Gasteiger partial charge in [-0.2, -0.15) is 0 Å². The predicted octanol–water partition coefficient (Wildman–Crippen LogP) is 8.38. The molecular formula is C39H34ClN3O5S. The van der Waals surface area contributed by atoms with E-state index >= 15 is 0 Å². The molecule has 0 aliphatic rings. The van der Waals surface area contributed by atoms with E-state index in [1.54, 1.807) is 60.7 Å². The van der Waals surface area contributed by atoms with E-state index in [1.165, 1.54) is 18.9 Å². The number of aryl methyl sites for hydroxylation is 1. The Hall–Kier alpha value is -5.51. The third kappa shape index (κ3) is 10.2. The van der Waals surface area contributed by atoms with Gasteiger partial charge in [0, 0.05) is 27.2 Å². The van der Waals surface area contributed by atoms with Gasteiger partial charge >= 0.3 is 0 Å². The van der Waals surface area contributed by atoms with E-state index < -0.39 is 11.8 Å². The molecule has 0 unspecified atom stereocenters. The fourth-order valence-corrected chi connectivity index (χ4v) is 5.55. The van der Waals surface area contributed by atoms with Crippen LogP contribution >= 0.6 is 23.4 Å². The summed E-state index contributed by atoms with van der Waals surface area (Å²) in [6.07, 6.45) is 1.60. The van der Waals surface area contributed by atoms with Gasteiger partial charge in [-0.25, -0.2) is 0 Å². The van der Waals surface area contributed by atoms with Gasteiger partial charge in [-0.05, 0) is 78.2 Å². The highest BCUT2D eigenvalue weighted by Crippen LogP contribution is 2.31. The molecule has 0 aliphatic carbocycles.